The van der Waals surface area contributed by atoms with Crippen LogP contribution < -0.4 is 5.32 Å². The standard InChI is InChI=1S/C9H11N5O2/c1-6-4-10-13-14(6)5-9(15)11-8-3-7(2)16-12-8/h3-4H,5H2,1-2H3,(H,11,12,15). The second kappa shape index (κ2) is 4.13. The zero-order valence-corrected chi connectivity index (χ0v) is 8.97. The summed E-state index contributed by atoms with van der Waals surface area (Å²) >= 11 is 0. The molecule has 0 bridgehead atoms. The third kappa shape index (κ3) is 2.25. The van der Waals surface area contributed by atoms with Crippen molar-refractivity contribution in [2.24, 2.45) is 0 Å². The van der Waals surface area contributed by atoms with Crippen LogP contribution in [0.4, 0.5) is 5.82 Å². The molecule has 0 aliphatic heterocycles. The SMILES string of the molecule is Cc1cc(NC(=O)Cn2nncc2C)no1. The Morgan fingerprint density at radius 3 is 2.94 bits per heavy atom. The monoisotopic (exact) mass is 221 g/mol. The average molecular weight is 221 g/mol. The first kappa shape index (κ1) is 10.3. The van der Waals surface area contributed by atoms with Crippen molar-refractivity contribution in [3.05, 3.63) is 23.7 Å². The molecule has 0 saturated heterocycles. The van der Waals surface area contributed by atoms with E-state index >= 15 is 0 Å². The van der Waals surface area contributed by atoms with E-state index in [0.29, 0.717) is 11.6 Å². The van der Waals surface area contributed by atoms with Crippen LogP contribution >= 0.6 is 0 Å². The Hall–Kier alpha value is -2.18. The molecule has 0 aliphatic rings. The Balaban J connectivity index is 1.97. The van der Waals surface area contributed by atoms with Crippen molar-refractivity contribution in [1.29, 1.82) is 0 Å². The summed E-state index contributed by atoms with van der Waals surface area (Å²) in [7, 11) is 0. The van der Waals surface area contributed by atoms with E-state index in [1.165, 1.54) is 4.68 Å². The number of amides is 1. The predicted molar refractivity (Wildman–Crippen MR) is 54.6 cm³/mol. The Morgan fingerprint density at radius 2 is 2.38 bits per heavy atom. The molecule has 84 valence electrons. The van der Waals surface area contributed by atoms with Gasteiger partial charge in [0.2, 0.25) is 5.91 Å². The normalized spacial score (nSPS) is 10.4. The van der Waals surface area contributed by atoms with Crippen molar-refractivity contribution in [2.45, 2.75) is 20.4 Å². The fourth-order valence-electron chi connectivity index (χ4n) is 1.21. The minimum atomic E-state index is -0.220. The van der Waals surface area contributed by atoms with E-state index in [-0.39, 0.29) is 12.5 Å². The highest BCUT2D eigenvalue weighted by molar-refractivity contribution is 5.89. The van der Waals surface area contributed by atoms with Crippen molar-refractivity contribution in [3.63, 3.8) is 0 Å². The first-order valence-corrected chi connectivity index (χ1v) is 4.73. The van der Waals surface area contributed by atoms with Gasteiger partial charge in [0.1, 0.15) is 12.3 Å². The van der Waals surface area contributed by atoms with Gasteiger partial charge in [0.15, 0.2) is 5.82 Å². The number of carbonyl (C=O) groups excluding carboxylic acids is 1. The first-order chi connectivity index (χ1) is 7.65. The fraction of sp³-hybridized carbons (Fsp3) is 0.333. The van der Waals surface area contributed by atoms with Gasteiger partial charge in [-0.15, -0.1) is 5.10 Å². The van der Waals surface area contributed by atoms with Gasteiger partial charge < -0.3 is 9.84 Å². The number of nitrogens with zero attached hydrogens (tertiary/aromatic N) is 4. The van der Waals surface area contributed by atoms with Gasteiger partial charge in [-0.1, -0.05) is 10.4 Å². The molecule has 2 aromatic heterocycles. The molecular weight excluding hydrogens is 210 g/mol. The molecule has 2 rings (SSSR count). The zero-order chi connectivity index (χ0) is 11.5. The number of hydrogen-bond donors (Lipinski definition) is 1. The molecule has 0 saturated carbocycles. The van der Waals surface area contributed by atoms with E-state index in [1.54, 1.807) is 19.2 Å². The van der Waals surface area contributed by atoms with Crippen LogP contribution in [-0.4, -0.2) is 26.1 Å². The van der Waals surface area contributed by atoms with Gasteiger partial charge in [0.25, 0.3) is 0 Å². The molecule has 0 aromatic carbocycles. The molecule has 0 unspecified atom stereocenters. The van der Waals surface area contributed by atoms with Crippen LogP contribution in [0.5, 0.6) is 0 Å². The number of hydrogen-bond acceptors (Lipinski definition) is 5. The van der Waals surface area contributed by atoms with Gasteiger partial charge in [0, 0.05) is 6.07 Å². The van der Waals surface area contributed by atoms with E-state index in [0.717, 1.165) is 5.69 Å². The Kier molecular flexibility index (Phi) is 2.67. The number of anilines is 1. The highest BCUT2D eigenvalue weighted by Crippen LogP contribution is 2.06. The molecular formula is C9H11N5O2. The van der Waals surface area contributed by atoms with E-state index in [1.807, 2.05) is 6.92 Å². The van der Waals surface area contributed by atoms with E-state index < -0.39 is 0 Å². The summed E-state index contributed by atoms with van der Waals surface area (Å²) in [6, 6.07) is 1.64. The quantitative estimate of drug-likeness (QED) is 0.816. The number of aromatic nitrogens is 4. The number of aryl methyl sites for hydroxylation is 2. The second-order valence-electron chi connectivity index (χ2n) is 3.40. The maximum atomic E-state index is 11.6. The van der Waals surface area contributed by atoms with Crippen LogP contribution in [0.2, 0.25) is 0 Å². The lowest BCUT2D eigenvalue weighted by Crippen LogP contribution is -2.20. The molecule has 0 radical (unpaired) electrons. The van der Waals surface area contributed by atoms with Crippen molar-refractivity contribution in [1.82, 2.24) is 20.2 Å². The zero-order valence-electron chi connectivity index (χ0n) is 8.97. The van der Waals surface area contributed by atoms with Crippen molar-refractivity contribution < 1.29 is 9.32 Å². The lowest BCUT2D eigenvalue weighted by Gasteiger charge is -2.02. The molecule has 0 fully saturated rings. The lowest BCUT2D eigenvalue weighted by atomic mass is 10.4. The summed E-state index contributed by atoms with van der Waals surface area (Å²) in [6.07, 6.45) is 1.59. The van der Waals surface area contributed by atoms with Gasteiger partial charge in [0.05, 0.1) is 11.9 Å². The second-order valence-corrected chi connectivity index (χ2v) is 3.40. The maximum Gasteiger partial charge on any atom is 0.247 e. The summed E-state index contributed by atoms with van der Waals surface area (Å²) in [5.74, 6) is 0.828. The highest BCUT2D eigenvalue weighted by Gasteiger charge is 2.08. The topological polar surface area (TPSA) is 85.8 Å². The number of rotatable bonds is 3. The van der Waals surface area contributed by atoms with Crippen LogP contribution in [0, 0.1) is 13.8 Å². The van der Waals surface area contributed by atoms with Crippen molar-refractivity contribution in [2.75, 3.05) is 5.32 Å². The Bertz CT molecular complexity index is 501. The van der Waals surface area contributed by atoms with Gasteiger partial charge in [-0.2, -0.15) is 0 Å². The van der Waals surface area contributed by atoms with E-state index in [4.69, 9.17) is 4.52 Å². The molecule has 1 amide bonds. The van der Waals surface area contributed by atoms with Crippen LogP contribution in [-0.2, 0) is 11.3 Å². The smallest absolute Gasteiger partial charge is 0.247 e. The summed E-state index contributed by atoms with van der Waals surface area (Å²) in [5.41, 5.74) is 0.825. The maximum absolute atomic E-state index is 11.6. The van der Waals surface area contributed by atoms with E-state index in [2.05, 4.69) is 20.8 Å². The summed E-state index contributed by atoms with van der Waals surface area (Å²) in [5, 5.41) is 13.7. The van der Waals surface area contributed by atoms with Gasteiger partial charge in [-0.05, 0) is 13.8 Å². The summed E-state index contributed by atoms with van der Waals surface area (Å²) in [4.78, 5) is 11.6. The fourth-order valence-corrected chi connectivity index (χ4v) is 1.21. The van der Waals surface area contributed by atoms with Gasteiger partial charge in [-0.25, -0.2) is 4.68 Å². The minimum absolute atomic E-state index is 0.109. The molecule has 7 heteroatoms. The first-order valence-electron chi connectivity index (χ1n) is 4.73. The molecule has 2 aromatic rings. The molecule has 2 heterocycles. The third-order valence-electron chi connectivity index (χ3n) is 2.00. The van der Waals surface area contributed by atoms with Crippen molar-refractivity contribution in [3.8, 4) is 0 Å². The number of carbonyl (C=O) groups is 1. The van der Waals surface area contributed by atoms with E-state index in [9.17, 15) is 4.79 Å². The summed E-state index contributed by atoms with van der Waals surface area (Å²) < 4.78 is 6.33. The Labute approximate surface area is 91.4 Å². The number of nitrogens with one attached hydrogen (secondary N) is 1. The molecule has 0 aliphatic carbocycles. The lowest BCUT2D eigenvalue weighted by molar-refractivity contribution is -0.117. The molecule has 0 spiro atoms. The van der Waals surface area contributed by atoms with Gasteiger partial charge >= 0.3 is 0 Å². The van der Waals surface area contributed by atoms with Crippen molar-refractivity contribution >= 4 is 11.7 Å². The highest BCUT2D eigenvalue weighted by atomic mass is 16.5. The minimum Gasteiger partial charge on any atom is -0.360 e. The van der Waals surface area contributed by atoms with Crippen LogP contribution in [0.1, 0.15) is 11.5 Å². The van der Waals surface area contributed by atoms with Crippen LogP contribution in [0.25, 0.3) is 0 Å². The molecule has 1 N–H and O–H groups in total. The average Bonchev–Trinajstić information content (AvgIpc) is 2.77. The molecule has 16 heavy (non-hydrogen) atoms. The van der Waals surface area contributed by atoms with Crippen LogP contribution in [0.3, 0.4) is 0 Å². The van der Waals surface area contributed by atoms with Crippen LogP contribution in [0.15, 0.2) is 16.8 Å². The largest absolute Gasteiger partial charge is 0.360 e. The Morgan fingerprint density at radius 1 is 1.56 bits per heavy atom. The third-order valence-corrected chi connectivity index (χ3v) is 2.00. The van der Waals surface area contributed by atoms with Gasteiger partial charge in [-0.3, -0.25) is 4.79 Å². The predicted octanol–water partition coefficient (Wildman–Crippen LogP) is 0.522. The molecule has 7 nitrogen and oxygen atoms in total. The summed E-state index contributed by atoms with van der Waals surface area (Å²) in [6.45, 7) is 3.69. The molecule has 0 atom stereocenters.